The molecule has 312 valence electrons. The Morgan fingerprint density at radius 3 is 1.08 bits per heavy atom. The lowest BCUT2D eigenvalue weighted by molar-refractivity contribution is -0.0806. The summed E-state index contributed by atoms with van der Waals surface area (Å²) in [5.41, 5.74) is -0.712. The Bertz CT molecular complexity index is 3110. The number of methoxy groups -OCH3 is 2. The summed E-state index contributed by atoms with van der Waals surface area (Å²) in [5, 5.41) is 0. The molecule has 11 nitrogen and oxygen atoms in total. The van der Waals surface area contributed by atoms with Crippen LogP contribution in [0, 0.1) is 154 Å². The molecule has 4 rings (SSSR count). The Morgan fingerprint density at radius 2 is 0.781 bits per heavy atom. The summed E-state index contributed by atoms with van der Waals surface area (Å²) >= 11 is 0. The van der Waals surface area contributed by atoms with E-state index >= 15 is 0 Å². The van der Waals surface area contributed by atoms with E-state index in [9.17, 15) is 26.4 Å². The molecular weight excluding hydrogens is 849 g/mol. The topological polar surface area (TPSA) is 137 Å². The predicted octanol–water partition coefficient (Wildman–Crippen LogP) is 2.53. The number of piperidine rings is 1. The molecule has 0 radical (unpaired) electrons. The summed E-state index contributed by atoms with van der Waals surface area (Å²) in [6.45, 7) is 3.80. The van der Waals surface area contributed by atoms with E-state index < -0.39 is 37.7 Å². The lowest BCUT2D eigenvalue weighted by Gasteiger charge is -2.42. The standard InChI is InChI=1S/C28H6.C23H26N2O9S2/c1-3-5-7-9-11-13-15-17-19-21-23-25-27-28-26-24-22-20-18-16-14-12-10-8-6-4-2;1-32-21(26)17-3-7-19(8-4-17)35(28,29)24-13-11-23(12-14-24)25(15-16-34-23)36(30,31)20-9-5-18(6-10-20)22(27)33-2/h1-2H3;3-10H,11-16H2,1-2H3. The van der Waals surface area contributed by atoms with E-state index in [0.717, 1.165) is 0 Å². The maximum absolute atomic E-state index is 13.4. The number of ether oxygens (including phenoxy) is 3. The van der Waals surface area contributed by atoms with Crippen molar-refractivity contribution in [3.63, 3.8) is 0 Å². The molecule has 0 amide bonds. The van der Waals surface area contributed by atoms with Crippen LogP contribution in [-0.2, 0) is 34.3 Å². The van der Waals surface area contributed by atoms with E-state index in [1.165, 1.54) is 71.4 Å². The van der Waals surface area contributed by atoms with Gasteiger partial charge >= 0.3 is 11.9 Å². The van der Waals surface area contributed by atoms with Crippen molar-refractivity contribution in [3.05, 3.63) is 59.7 Å². The Balaban J connectivity index is 0.000000354. The lowest BCUT2D eigenvalue weighted by atomic mass is 10.0. The van der Waals surface area contributed by atoms with Crippen LogP contribution in [-0.4, -0.2) is 83.6 Å². The zero-order chi connectivity index (χ0) is 46.5. The molecule has 64 heavy (non-hydrogen) atoms. The fraction of sp³-hybridized carbons (Fsp3) is 0.216. The van der Waals surface area contributed by atoms with Crippen molar-refractivity contribution in [2.75, 3.05) is 40.5 Å². The third-order valence-corrected chi connectivity index (χ3v) is 12.0. The summed E-state index contributed by atoms with van der Waals surface area (Å²) in [6.07, 6.45) is 0.290. The zero-order valence-corrected chi connectivity index (χ0v) is 36.4. The second kappa shape index (κ2) is 26.6. The van der Waals surface area contributed by atoms with E-state index in [1.54, 1.807) is 13.8 Å². The van der Waals surface area contributed by atoms with Crippen LogP contribution in [0.5, 0.6) is 0 Å². The van der Waals surface area contributed by atoms with Gasteiger partial charge in [0.25, 0.3) is 0 Å². The monoisotopic (exact) mass is 880 g/mol. The predicted molar refractivity (Wildman–Crippen MR) is 239 cm³/mol. The van der Waals surface area contributed by atoms with E-state index in [2.05, 4.69) is 163 Å². The molecule has 2 aliphatic rings. The van der Waals surface area contributed by atoms with Crippen molar-refractivity contribution >= 4 is 32.0 Å². The van der Waals surface area contributed by atoms with Gasteiger partial charge in [0.1, 0.15) is 5.72 Å². The summed E-state index contributed by atoms with van der Waals surface area (Å²) in [6, 6.07) is 10.9. The number of benzene rings is 2. The molecule has 1 spiro atoms. The Morgan fingerprint density at radius 1 is 0.484 bits per heavy atom. The third-order valence-electron chi connectivity index (χ3n) is 8.09. The second-order valence-electron chi connectivity index (χ2n) is 11.8. The first-order valence-corrected chi connectivity index (χ1v) is 21.2. The second-order valence-corrected chi connectivity index (χ2v) is 15.6. The molecule has 13 heteroatoms. The number of carbonyl (C=O) groups excluding carboxylic acids is 2. The number of hydrogen-bond donors (Lipinski definition) is 0. The molecule has 0 unspecified atom stereocenters. The molecule has 0 aromatic heterocycles. The van der Waals surface area contributed by atoms with Crippen molar-refractivity contribution in [1.82, 2.24) is 8.61 Å². The molecule has 0 bridgehead atoms. The SMILES string of the molecule is CC#CC#CC#CC#CC#CC#CC#CC#CC#CC#CC#CC#CC#CC.COC(=O)c1ccc(S(=O)(=O)N2CCC3(CC2)OCCN3S(=O)(=O)c2ccc(C(=O)OC)cc2)cc1. The van der Waals surface area contributed by atoms with Crippen LogP contribution in [0.15, 0.2) is 58.3 Å². The fourth-order valence-electron chi connectivity index (χ4n) is 5.25. The van der Waals surface area contributed by atoms with Crippen LogP contribution in [0.4, 0.5) is 0 Å². The minimum atomic E-state index is -3.97. The van der Waals surface area contributed by atoms with E-state index in [-0.39, 0.29) is 60.0 Å². The van der Waals surface area contributed by atoms with Gasteiger partial charge in [-0.3, -0.25) is 0 Å². The third kappa shape index (κ3) is 15.5. The van der Waals surface area contributed by atoms with E-state index in [4.69, 9.17) is 4.74 Å². The van der Waals surface area contributed by atoms with Crippen LogP contribution in [0.2, 0.25) is 0 Å². The number of nitrogens with zero attached hydrogens (tertiary/aromatic N) is 2. The van der Waals surface area contributed by atoms with Gasteiger partial charge in [-0.25, -0.2) is 26.4 Å². The first kappa shape index (κ1) is 49.8. The molecule has 2 heterocycles. The van der Waals surface area contributed by atoms with Crippen molar-refractivity contribution in [3.8, 4) is 154 Å². The number of hydrogen-bond acceptors (Lipinski definition) is 9. The Hall–Kier alpha value is -8.56. The molecule has 2 aliphatic heterocycles. The molecule has 2 aromatic carbocycles. The van der Waals surface area contributed by atoms with Crippen molar-refractivity contribution in [2.45, 2.75) is 42.2 Å². The highest BCUT2D eigenvalue weighted by molar-refractivity contribution is 7.89. The van der Waals surface area contributed by atoms with Gasteiger partial charge in [0.2, 0.25) is 20.0 Å². The van der Waals surface area contributed by atoms with Gasteiger partial charge in [-0.2, -0.15) is 8.61 Å². The maximum atomic E-state index is 13.4. The highest BCUT2D eigenvalue weighted by Crippen LogP contribution is 2.39. The lowest BCUT2D eigenvalue weighted by Crippen LogP contribution is -2.55. The minimum absolute atomic E-state index is 0.000718. The highest BCUT2D eigenvalue weighted by Gasteiger charge is 2.51. The molecule has 0 atom stereocenters. The summed E-state index contributed by atoms with van der Waals surface area (Å²) < 4.78 is 70.9. The van der Waals surface area contributed by atoms with Crippen molar-refractivity contribution in [2.24, 2.45) is 0 Å². The Kier molecular flexibility index (Phi) is 20.7. The number of esters is 2. The molecular formula is C51H32N2O9S2. The van der Waals surface area contributed by atoms with Crippen LogP contribution in [0.25, 0.3) is 0 Å². The molecule has 2 fully saturated rings. The smallest absolute Gasteiger partial charge is 0.337 e. The van der Waals surface area contributed by atoms with E-state index in [1.807, 2.05) is 0 Å². The van der Waals surface area contributed by atoms with Gasteiger partial charge in [0.05, 0.1) is 41.7 Å². The van der Waals surface area contributed by atoms with Gasteiger partial charge < -0.3 is 14.2 Å². The van der Waals surface area contributed by atoms with Gasteiger partial charge in [-0.1, -0.05) is 11.8 Å². The largest absolute Gasteiger partial charge is 0.465 e. The number of rotatable bonds is 6. The molecule has 0 aliphatic carbocycles. The van der Waals surface area contributed by atoms with Crippen LogP contribution in [0.1, 0.15) is 47.4 Å². The first-order valence-electron chi connectivity index (χ1n) is 18.3. The summed E-state index contributed by atoms with van der Waals surface area (Å²) in [5.74, 6) is 64.5. The minimum Gasteiger partial charge on any atom is -0.465 e. The average Bonchev–Trinajstić information content (AvgIpc) is 3.73. The first-order chi connectivity index (χ1) is 31.0. The molecule has 0 saturated carbocycles. The molecule has 2 aromatic rings. The van der Waals surface area contributed by atoms with Crippen LogP contribution >= 0.6 is 0 Å². The molecule has 2 saturated heterocycles. The maximum Gasteiger partial charge on any atom is 0.337 e. The van der Waals surface area contributed by atoms with Gasteiger partial charge in [-0.05, 0) is 157 Å². The average molecular weight is 881 g/mol. The summed E-state index contributed by atoms with van der Waals surface area (Å²) in [4.78, 5) is 23.3. The van der Waals surface area contributed by atoms with Crippen LogP contribution in [0.3, 0.4) is 0 Å². The van der Waals surface area contributed by atoms with Gasteiger partial charge in [0, 0.05) is 79.8 Å². The van der Waals surface area contributed by atoms with Crippen molar-refractivity contribution < 1.29 is 40.6 Å². The normalized spacial score (nSPS) is 12.2. The van der Waals surface area contributed by atoms with Crippen LogP contribution < -0.4 is 0 Å². The highest BCUT2D eigenvalue weighted by atomic mass is 32.2. The number of carbonyl (C=O) groups is 2. The quantitative estimate of drug-likeness (QED) is 0.317. The molecule has 0 N–H and O–H groups in total. The van der Waals surface area contributed by atoms with Crippen molar-refractivity contribution in [1.29, 1.82) is 0 Å². The van der Waals surface area contributed by atoms with Gasteiger partial charge in [0.15, 0.2) is 0 Å². The zero-order valence-electron chi connectivity index (χ0n) is 34.7. The van der Waals surface area contributed by atoms with E-state index in [0.29, 0.717) is 0 Å². The Labute approximate surface area is 375 Å². The number of sulfonamides is 2. The summed E-state index contributed by atoms with van der Waals surface area (Å²) in [7, 11) is -5.36. The fourth-order valence-corrected chi connectivity index (χ4v) is 8.42. The van der Waals surface area contributed by atoms with Gasteiger partial charge in [-0.15, -0.1) is 0 Å².